The summed E-state index contributed by atoms with van der Waals surface area (Å²) in [6.07, 6.45) is 0.202. The van der Waals surface area contributed by atoms with Crippen LogP contribution in [0.2, 0.25) is 5.02 Å². The first kappa shape index (κ1) is 22.7. The van der Waals surface area contributed by atoms with Gasteiger partial charge in [0.2, 0.25) is 11.6 Å². The molecular weight excluding hydrogens is 455 g/mol. The molecule has 8 nitrogen and oxygen atoms in total. The molecule has 10 heteroatoms. The van der Waals surface area contributed by atoms with Crippen molar-refractivity contribution in [3.8, 4) is 17.0 Å². The van der Waals surface area contributed by atoms with E-state index in [1.807, 2.05) is 0 Å². The summed E-state index contributed by atoms with van der Waals surface area (Å²) in [6.45, 7) is 2.13. The van der Waals surface area contributed by atoms with Crippen molar-refractivity contribution in [3.05, 3.63) is 57.7 Å². The second-order valence-corrected chi connectivity index (χ2v) is 8.23. The standard InChI is InChI=1S/C23H20ClFN2O6/c1-12(22(29)27-8-2-3-13(11-27)23(30)31)32-19-7-6-16-17(10-20(28)33-21(16)26-19)15-5-4-14(25)9-18(15)24/h4-7,9-10,12-13H,2-3,8,11H2,1H3,(H,30,31)/t12-,13+/m1/s1. The van der Waals surface area contributed by atoms with E-state index in [0.29, 0.717) is 35.9 Å². The highest BCUT2D eigenvalue weighted by Gasteiger charge is 2.31. The van der Waals surface area contributed by atoms with Crippen LogP contribution in [0.5, 0.6) is 5.88 Å². The number of carboxylic acids is 1. The molecule has 0 bridgehead atoms. The third-order valence-electron chi connectivity index (χ3n) is 5.53. The molecule has 3 heterocycles. The molecule has 1 aliphatic rings. The van der Waals surface area contributed by atoms with Gasteiger partial charge in [-0.2, -0.15) is 4.98 Å². The number of halogens is 2. The van der Waals surface area contributed by atoms with Crippen LogP contribution in [0.4, 0.5) is 4.39 Å². The van der Waals surface area contributed by atoms with E-state index in [1.54, 1.807) is 13.0 Å². The summed E-state index contributed by atoms with van der Waals surface area (Å²) >= 11 is 6.16. The van der Waals surface area contributed by atoms with E-state index in [2.05, 4.69) is 4.98 Å². The predicted molar refractivity (Wildman–Crippen MR) is 118 cm³/mol. The number of carbonyl (C=O) groups is 2. The lowest BCUT2D eigenvalue weighted by Gasteiger charge is -2.32. The zero-order valence-corrected chi connectivity index (χ0v) is 18.3. The van der Waals surface area contributed by atoms with Crippen molar-refractivity contribution >= 4 is 34.6 Å². The van der Waals surface area contributed by atoms with Crippen LogP contribution in [0.1, 0.15) is 19.8 Å². The maximum absolute atomic E-state index is 13.4. The van der Waals surface area contributed by atoms with E-state index in [0.717, 1.165) is 6.07 Å². The van der Waals surface area contributed by atoms with E-state index in [4.69, 9.17) is 20.8 Å². The van der Waals surface area contributed by atoms with Crippen LogP contribution in [-0.4, -0.2) is 46.1 Å². The average molecular weight is 475 g/mol. The fourth-order valence-corrected chi connectivity index (χ4v) is 4.16. The lowest BCUT2D eigenvalue weighted by atomic mass is 9.98. The second-order valence-electron chi connectivity index (χ2n) is 7.83. The number of pyridine rings is 1. The fraction of sp³-hybridized carbons (Fsp3) is 0.304. The Kier molecular flexibility index (Phi) is 6.33. The molecule has 1 saturated heterocycles. The Morgan fingerprint density at radius 2 is 2.06 bits per heavy atom. The Balaban J connectivity index is 1.59. The van der Waals surface area contributed by atoms with Crippen molar-refractivity contribution in [1.82, 2.24) is 9.88 Å². The van der Waals surface area contributed by atoms with Crippen LogP contribution in [0.25, 0.3) is 22.2 Å². The third kappa shape index (κ3) is 4.83. The molecule has 1 N–H and O–H groups in total. The van der Waals surface area contributed by atoms with Gasteiger partial charge < -0.3 is 19.2 Å². The zero-order chi connectivity index (χ0) is 23.7. The first-order valence-corrected chi connectivity index (χ1v) is 10.7. The molecule has 0 spiro atoms. The number of rotatable bonds is 5. The smallest absolute Gasteiger partial charge is 0.338 e. The Morgan fingerprint density at radius 3 is 2.79 bits per heavy atom. The number of nitrogens with zero attached hydrogens (tertiary/aromatic N) is 2. The number of benzene rings is 1. The van der Waals surface area contributed by atoms with Gasteiger partial charge in [-0.1, -0.05) is 11.6 Å². The molecule has 1 aromatic carbocycles. The minimum atomic E-state index is -0.927. The number of amides is 1. The van der Waals surface area contributed by atoms with Crippen LogP contribution in [-0.2, 0) is 9.59 Å². The van der Waals surface area contributed by atoms with E-state index in [1.165, 1.54) is 29.2 Å². The van der Waals surface area contributed by atoms with E-state index in [-0.39, 0.29) is 29.1 Å². The number of fused-ring (bicyclic) bond motifs is 1. The molecule has 1 aliphatic heterocycles. The minimum absolute atomic E-state index is 0.0287. The van der Waals surface area contributed by atoms with Crippen molar-refractivity contribution in [1.29, 1.82) is 0 Å². The number of ether oxygens (including phenoxy) is 1. The van der Waals surface area contributed by atoms with Crippen LogP contribution in [0.15, 0.2) is 45.6 Å². The van der Waals surface area contributed by atoms with Crippen LogP contribution in [0.3, 0.4) is 0 Å². The number of hydrogen-bond donors (Lipinski definition) is 1. The molecule has 2 atom stereocenters. The highest BCUT2D eigenvalue weighted by Crippen LogP contribution is 2.33. The summed E-state index contributed by atoms with van der Waals surface area (Å²) in [5.74, 6) is -2.33. The summed E-state index contributed by atoms with van der Waals surface area (Å²) in [5.41, 5.74) is 0.147. The number of carbonyl (C=O) groups excluding carboxylic acids is 1. The summed E-state index contributed by atoms with van der Waals surface area (Å²) in [5, 5.41) is 9.81. The Hall–Kier alpha value is -3.46. The Morgan fingerprint density at radius 1 is 1.27 bits per heavy atom. The number of aliphatic carboxylic acids is 1. The monoisotopic (exact) mass is 474 g/mol. The Bertz CT molecular complexity index is 1290. The first-order valence-electron chi connectivity index (χ1n) is 10.3. The number of aromatic nitrogens is 1. The summed E-state index contributed by atoms with van der Waals surface area (Å²) < 4.78 is 24.3. The summed E-state index contributed by atoms with van der Waals surface area (Å²) in [6, 6.07) is 8.20. The van der Waals surface area contributed by atoms with Gasteiger partial charge in [-0.3, -0.25) is 9.59 Å². The number of likely N-dealkylation sites (tertiary alicyclic amines) is 1. The highest BCUT2D eigenvalue weighted by atomic mass is 35.5. The molecule has 4 rings (SSSR count). The first-order chi connectivity index (χ1) is 15.7. The van der Waals surface area contributed by atoms with Gasteiger partial charge in [0.25, 0.3) is 5.91 Å². The lowest BCUT2D eigenvalue weighted by molar-refractivity contribution is -0.147. The molecule has 0 aliphatic carbocycles. The third-order valence-corrected chi connectivity index (χ3v) is 5.85. The molecule has 3 aromatic rings. The van der Waals surface area contributed by atoms with Crippen molar-refractivity contribution in [2.24, 2.45) is 5.92 Å². The molecule has 2 aromatic heterocycles. The molecule has 0 unspecified atom stereocenters. The summed E-state index contributed by atoms with van der Waals surface area (Å²) in [4.78, 5) is 41.8. The quantitative estimate of drug-likeness (QED) is 0.599. The van der Waals surface area contributed by atoms with Gasteiger partial charge in [0.15, 0.2) is 6.10 Å². The van der Waals surface area contributed by atoms with Crippen LogP contribution in [0, 0.1) is 11.7 Å². The van der Waals surface area contributed by atoms with Crippen molar-refractivity contribution in [2.45, 2.75) is 25.9 Å². The molecule has 1 amide bonds. The van der Waals surface area contributed by atoms with E-state index in [9.17, 15) is 23.9 Å². The predicted octanol–water partition coefficient (Wildman–Crippen LogP) is 3.74. The molecule has 33 heavy (non-hydrogen) atoms. The maximum atomic E-state index is 13.4. The largest absolute Gasteiger partial charge is 0.481 e. The fourth-order valence-electron chi connectivity index (χ4n) is 3.89. The van der Waals surface area contributed by atoms with Gasteiger partial charge in [-0.05, 0) is 44.0 Å². The lowest BCUT2D eigenvalue weighted by Crippen LogP contribution is -2.47. The zero-order valence-electron chi connectivity index (χ0n) is 17.6. The topological polar surface area (TPSA) is 110 Å². The van der Waals surface area contributed by atoms with Crippen LogP contribution < -0.4 is 10.4 Å². The maximum Gasteiger partial charge on any atom is 0.338 e. The second kappa shape index (κ2) is 9.19. The Labute approximate surface area is 192 Å². The number of carboxylic acid groups (broad SMARTS) is 1. The van der Waals surface area contributed by atoms with Gasteiger partial charge in [-0.25, -0.2) is 9.18 Å². The number of hydrogen-bond acceptors (Lipinski definition) is 6. The SMILES string of the molecule is C[C@@H](Oc1ccc2c(-c3ccc(F)cc3Cl)cc(=O)oc2n1)C(=O)N1CCC[C@H](C(=O)O)C1. The average Bonchev–Trinajstić information content (AvgIpc) is 2.78. The van der Waals surface area contributed by atoms with Crippen molar-refractivity contribution in [2.75, 3.05) is 13.1 Å². The van der Waals surface area contributed by atoms with Gasteiger partial charge in [-0.15, -0.1) is 0 Å². The molecule has 1 fully saturated rings. The molecule has 0 saturated carbocycles. The van der Waals surface area contributed by atoms with E-state index < -0.39 is 29.4 Å². The van der Waals surface area contributed by atoms with Crippen LogP contribution >= 0.6 is 11.6 Å². The van der Waals surface area contributed by atoms with Gasteiger partial charge in [0, 0.05) is 41.7 Å². The number of piperidine rings is 1. The van der Waals surface area contributed by atoms with Gasteiger partial charge in [0.05, 0.1) is 10.9 Å². The summed E-state index contributed by atoms with van der Waals surface area (Å²) in [7, 11) is 0. The van der Waals surface area contributed by atoms with Gasteiger partial charge >= 0.3 is 11.6 Å². The molecular formula is C23H20ClFN2O6. The van der Waals surface area contributed by atoms with Crippen molar-refractivity contribution in [3.63, 3.8) is 0 Å². The van der Waals surface area contributed by atoms with Crippen molar-refractivity contribution < 1.29 is 28.2 Å². The van der Waals surface area contributed by atoms with Gasteiger partial charge in [0.1, 0.15) is 5.82 Å². The normalized spacial score (nSPS) is 17.1. The van der Waals surface area contributed by atoms with E-state index >= 15 is 0 Å². The molecule has 0 radical (unpaired) electrons. The molecule has 172 valence electrons. The minimum Gasteiger partial charge on any atom is -0.481 e. The highest BCUT2D eigenvalue weighted by molar-refractivity contribution is 6.33.